The van der Waals surface area contributed by atoms with E-state index in [0.717, 1.165) is 25.0 Å². The molecule has 0 saturated heterocycles. The van der Waals surface area contributed by atoms with Crippen LogP contribution in [0, 0.1) is 5.41 Å². The van der Waals surface area contributed by atoms with Crippen LogP contribution >= 0.6 is 0 Å². The van der Waals surface area contributed by atoms with Gasteiger partial charge in [-0.15, -0.1) is 0 Å². The molecule has 1 saturated carbocycles. The van der Waals surface area contributed by atoms with Crippen molar-refractivity contribution >= 4 is 11.5 Å². The smallest absolute Gasteiger partial charge is 0.168 e. The number of allylic oxidation sites excluding steroid dienone is 2. The first kappa shape index (κ1) is 13.9. The van der Waals surface area contributed by atoms with Crippen LogP contribution in [-0.4, -0.2) is 23.6 Å². The monoisotopic (exact) mass is 237 g/mol. The minimum atomic E-state index is -0.0412. The fraction of sp³-hybridized carbons (Fsp3) is 0.714. The molecule has 1 aliphatic carbocycles. The molecule has 96 valence electrons. The molecule has 0 aliphatic heterocycles. The molecule has 3 heteroatoms. The average molecular weight is 237 g/mol. The van der Waals surface area contributed by atoms with Crippen LogP contribution in [0.5, 0.6) is 0 Å². The van der Waals surface area contributed by atoms with Gasteiger partial charge in [-0.3, -0.25) is 9.79 Å². The van der Waals surface area contributed by atoms with Crippen molar-refractivity contribution in [3.05, 3.63) is 11.3 Å². The molecule has 0 aromatic carbocycles. The molecule has 0 amide bonds. The molecule has 1 fully saturated rings. The molecule has 0 aromatic rings. The molecule has 17 heavy (non-hydrogen) atoms. The highest BCUT2D eigenvalue weighted by Gasteiger charge is 2.35. The van der Waals surface area contributed by atoms with Crippen molar-refractivity contribution in [1.82, 2.24) is 0 Å². The second-order valence-corrected chi connectivity index (χ2v) is 5.54. The third kappa shape index (κ3) is 3.42. The number of aliphatic hydroxyl groups excluding tert-OH is 1. The van der Waals surface area contributed by atoms with Crippen molar-refractivity contribution in [2.24, 2.45) is 10.4 Å². The van der Waals surface area contributed by atoms with Crippen LogP contribution in [0.25, 0.3) is 0 Å². The van der Waals surface area contributed by atoms with Gasteiger partial charge in [-0.1, -0.05) is 27.2 Å². The molecule has 1 rings (SSSR count). The van der Waals surface area contributed by atoms with Crippen LogP contribution in [0.4, 0.5) is 0 Å². The highest BCUT2D eigenvalue weighted by atomic mass is 16.3. The van der Waals surface area contributed by atoms with Crippen LogP contribution in [-0.2, 0) is 4.79 Å². The zero-order valence-corrected chi connectivity index (χ0v) is 11.3. The van der Waals surface area contributed by atoms with Crippen molar-refractivity contribution in [3.63, 3.8) is 0 Å². The number of hydrogen-bond donors (Lipinski definition) is 1. The highest BCUT2D eigenvalue weighted by Crippen LogP contribution is 2.35. The lowest BCUT2D eigenvalue weighted by Crippen LogP contribution is -2.32. The summed E-state index contributed by atoms with van der Waals surface area (Å²) >= 11 is 0. The van der Waals surface area contributed by atoms with E-state index in [1.54, 1.807) is 7.05 Å². The van der Waals surface area contributed by atoms with E-state index >= 15 is 0 Å². The van der Waals surface area contributed by atoms with E-state index in [-0.39, 0.29) is 17.0 Å². The second-order valence-electron chi connectivity index (χ2n) is 5.54. The summed E-state index contributed by atoms with van der Waals surface area (Å²) in [6.45, 7) is 6.20. The summed E-state index contributed by atoms with van der Waals surface area (Å²) in [6, 6.07) is 0. The van der Waals surface area contributed by atoms with Gasteiger partial charge in [0.15, 0.2) is 5.78 Å². The molecule has 0 radical (unpaired) electrons. The van der Waals surface area contributed by atoms with E-state index in [1.165, 1.54) is 0 Å². The zero-order chi connectivity index (χ0) is 13.1. The SMILES string of the molecule is CCCC/C(O)=C1\C(=O)CC(C)(C)CC1=NC. The molecule has 1 aliphatic rings. The number of nitrogens with zero attached hydrogens (tertiary/aromatic N) is 1. The third-order valence-electron chi connectivity index (χ3n) is 3.18. The Morgan fingerprint density at radius 2 is 2.06 bits per heavy atom. The molecule has 0 unspecified atom stereocenters. The minimum absolute atomic E-state index is 0.0375. The molecule has 0 heterocycles. The number of aliphatic hydroxyl groups is 1. The Morgan fingerprint density at radius 1 is 1.41 bits per heavy atom. The predicted octanol–water partition coefficient (Wildman–Crippen LogP) is 3.45. The van der Waals surface area contributed by atoms with Crippen LogP contribution in [0.2, 0.25) is 0 Å². The summed E-state index contributed by atoms with van der Waals surface area (Å²) in [7, 11) is 1.69. The number of ketones is 1. The first-order valence-corrected chi connectivity index (χ1v) is 6.32. The number of hydrogen-bond acceptors (Lipinski definition) is 3. The summed E-state index contributed by atoms with van der Waals surface area (Å²) in [6.07, 6.45) is 3.76. The van der Waals surface area contributed by atoms with Gasteiger partial charge in [-0.2, -0.15) is 0 Å². The topological polar surface area (TPSA) is 49.7 Å². The Hall–Kier alpha value is -1.12. The van der Waals surface area contributed by atoms with Crippen LogP contribution in [0.15, 0.2) is 16.3 Å². The van der Waals surface area contributed by atoms with Gasteiger partial charge < -0.3 is 5.11 Å². The van der Waals surface area contributed by atoms with Crippen molar-refractivity contribution in [1.29, 1.82) is 0 Å². The summed E-state index contributed by atoms with van der Waals surface area (Å²) < 4.78 is 0. The summed E-state index contributed by atoms with van der Waals surface area (Å²) in [5, 5.41) is 10.0. The van der Waals surface area contributed by atoms with E-state index in [1.807, 2.05) is 0 Å². The van der Waals surface area contributed by atoms with Gasteiger partial charge in [0.05, 0.1) is 5.57 Å². The largest absolute Gasteiger partial charge is 0.511 e. The lowest BCUT2D eigenvalue weighted by molar-refractivity contribution is -0.117. The lowest BCUT2D eigenvalue weighted by Gasteiger charge is -2.31. The van der Waals surface area contributed by atoms with Gasteiger partial charge in [-0.05, 0) is 18.3 Å². The van der Waals surface area contributed by atoms with Crippen LogP contribution in [0.3, 0.4) is 0 Å². The number of Topliss-reactive ketones (excluding diaryl/α,β-unsaturated/α-hetero) is 1. The molecule has 0 aromatic heterocycles. The standard InChI is InChI=1S/C14H23NO2/c1-5-6-7-11(16)13-10(15-4)8-14(2,3)9-12(13)17/h16H,5-9H2,1-4H3/b13-11+,15-10?. The van der Waals surface area contributed by atoms with Gasteiger partial charge in [0.1, 0.15) is 5.76 Å². The van der Waals surface area contributed by atoms with Crippen molar-refractivity contribution in [3.8, 4) is 0 Å². The lowest BCUT2D eigenvalue weighted by atomic mass is 9.73. The molecule has 0 atom stereocenters. The Kier molecular flexibility index (Phi) is 4.49. The maximum atomic E-state index is 12.1. The molecule has 1 N–H and O–H groups in total. The van der Waals surface area contributed by atoms with E-state index < -0.39 is 0 Å². The molecule has 0 spiro atoms. The molecule has 0 bridgehead atoms. The number of unbranched alkanes of at least 4 members (excludes halogenated alkanes) is 1. The Labute approximate surface area is 104 Å². The fourth-order valence-corrected chi connectivity index (χ4v) is 2.28. The normalized spacial score (nSPS) is 25.2. The first-order valence-electron chi connectivity index (χ1n) is 6.32. The first-order chi connectivity index (χ1) is 7.91. The van der Waals surface area contributed by atoms with Gasteiger partial charge in [-0.25, -0.2) is 0 Å². The summed E-state index contributed by atoms with van der Waals surface area (Å²) in [5.74, 6) is 0.267. The van der Waals surface area contributed by atoms with E-state index in [4.69, 9.17) is 0 Å². The fourth-order valence-electron chi connectivity index (χ4n) is 2.28. The van der Waals surface area contributed by atoms with E-state index in [9.17, 15) is 9.90 Å². The number of aliphatic imine (C=N–C) groups is 1. The molecule has 3 nitrogen and oxygen atoms in total. The maximum Gasteiger partial charge on any atom is 0.168 e. The number of rotatable bonds is 3. The Bertz CT molecular complexity index is 364. The predicted molar refractivity (Wildman–Crippen MR) is 70.6 cm³/mol. The summed E-state index contributed by atoms with van der Waals surface area (Å²) in [4.78, 5) is 16.3. The van der Waals surface area contributed by atoms with Gasteiger partial charge in [0.25, 0.3) is 0 Å². The number of carbonyl (C=O) groups is 1. The van der Waals surface area contributed by atoms with Crippen LogP contribution < -0.4 is 0 Å². The third-order valence-corrected chi connectivity index (χ3v) is 3.18. The van der Waals surface area contributed by atoms with Crippen molar-refractivity contribution in [2.45, 2.75) is 52.9 Å². The highest BCUT2D eigenvalue weighted by molar-refractivity contribution is 6.24. The van der Waals surface area contributed by atoms with E-state index in [2.05, 4.69) is 25.8 Å². The molecular formula is C14H23NO2. The van der Waals surface area contributed by atoms with Crippen molar-refractivity contribution in [2.75, 3.05) is 7.05 Å². The Balaban J connectivity index is 3.02. The van der Waals surface area contributed by atoms with Gasteiger partial charge >= 0.3 is 0 Å². The van der Waals surface area contributed by atoms with Crippen molar-refractivity contribution < 1.29 is 9.90 Å². The average Bonchev–Trinajstić information content (AvgIpc) is 2.23. The minimum Gasteiger partial charge on any atom is -0.511 e. The van der Waals surface area contributed by atoms with E-state index in [0.29, 0.717) is 18.4 Å². The van der Waals surface area contributed by atoms with Crippen LogP contribution in [0.1, 0.15) is 52.9 Å². The van der Waals surface area contributed by atoms with Gasteiger partial charge in [0, 0.05) is 25.6 Å². The quantitative estimate of drug-likeness (QED) is 0.603. The summed E-state index contributed by atoms with van der Waals surface area (Å²) in [5.41, 5.74) is 1.21. The Morgan fingerprint density at radius 3 is 2.59 bits per heavy atom. The maximum absolute atomic E-state index is 12.1. The van der Waals surface area contributed by atoms with Gasteiger partial charge in [0.2, 0.25) is 0 Å². The molecular weight excluding hydrogens is 214 g/mol. The second kappa shape index (κ2) is 5.48. The number of carbonyl (C=O) groups excluding carboxylic acids is 1. The zero-order valence-electron chi connectivity index (χ0n) is 11.3.